The molecule has 0 aromatic heterocycles. The summed E-state index contributed by atoms with van der Waals surface area (Å²) in [7, 11) is 0. The number of aliphatic carboxylic acids is 1. The Hall–Kier alpha value is -2.15. The molecule has 0 saturated heterocycles. The van der Waals surface area contributed by atoms with Gasteiger partial charge in [0, 0.05) is 12.1 Å². The molecule has 0 aliphatic heterocycles. The maximum atomic E-state index is 10.9. The highest BCUT2D eigenvalue weighted by molar-refractivity contribution is 14.1. The molecule has 0 heterocycles. The molecule has 0 atom stereocenters. The first-order valence-corrected chi connectivity index (χ1v) is 5.94. The molecule has 0 fully saturated rings. The van der Waals surface area contributed by atoms with E-state index in [4.69, 9.17) is 15.1 Å². The van der Waals surface area contributed by atoms with Crippen LogP contribution in [0.1, 0.15) is 5.56 Å². The number of halogens is 1. The number of carbonyl (C=O) groups is 1. The molecule has 8 heteroatoms. The fraction of sp³-hybridized carbons (Fsp3) is 0.0909. The lowest BCUT2D eigenvalue weighted by Crippen LogP contribution is -2.02. The van der Waals surface area contributed by atoms with Gasteiger partial charge in [0.2, 0.25) is 5.75 Å². The molecule has 1 rings (SSSR count). The van der Waals surface area contributed by atoms with Crippen LogP contribution in [-0.4, -0.2) is 22.6 Å². The normalized spacial score (nSPS) is 10.1. The van der Waals surface area contributed by atoms with Gasteiger partial charge < -0.3 is 9.84 Å². The Labute approximate surface area is 121 Å². The second-order valence-electron chi connectivity index (χ2n) is 3.23. The lowest BCUT2D eigenvalue weighted by Gasteiger charge is -2.06. The van der Waals surface area contributed by atoms with Crippen LogP contribution >= 0.6 is 22.6 Å². The number of rotatable bonds is 5. The number of hydrogen-bond donors (Lipinski definition) is 1. The summed E-state index contributed by atoms with van der Waals surface area (Å²) < 4.78 is 5.58. The van der Waals surface area contributed by atoms with Crippen molar-refractivity contribution in [1.29, 1.82) is 5.26 Å². The molecule has 0 saturated carbocycles. The number of hydrogen-bond acceptors (Lipinski definition) is 5. The van der Waals surface area contributed by atoms with Gasteiger partial charge in [0.15, 0.2) is 0 Å². The van der Waals surface area contributed by atoms with E-state index in [2.05, 4.69) is 0 Å². The highest BCUT2D eigenvalue weighted by Crippen LogP contribution is 2.33. The number of carboxylic acid groups (broad SMARTS) is 1. The lowest BCUT2D eigenvalue weighted by atomic mass is 10.2. The molecule has 0 spiro atoms. The van der Waals surface area contributed by atoms with Crippen molar-refractivity contribution in [2.75, 3.05) is 6.61 Å². The summed E-state index contributed by atoms with van der Waals surface area (Å²) in [6.07, 6.45) is 2.10. The van der Waals surface area contributed by atoms with E-state index in [-0.39, 0.29) is 23.6 Å². The summed E-state index contributed by atoms with van der Waals surface area (Å²) in [4.78, 5) is 20.5. The summed E-state index contributed by atoms with van der Waals surface area (Å²) in [5.41, 5.74) is -0.170. The van der Waals surface area contributed by atoms with E-state index in [1.165, 1.54) is 12.1 Å². The van der Waals surface area contributed by atoms with Crippen LogP contribution in [0.5, 0.6) is 5.75 Å². The lowest BCUT2D eigenvalue weighted by molar-refractivity contribution is -0.385. The van der Waals surface area contributed by atoms with Gasteiger partial charge in [-0.25, -0.2) is 4.79 Å². The third-order valence-electron chi connectivity index (χ3n) is 1.93. The first-order valence-electron chi connectivity index (χ1n) is 4.86. The predicted octanol–water partition coefficient (Wildman–Crippen LogP) is 2.09. The number of nitro benzene ring substituents is 1. The van der Waals surface area contributed by atoms with Crippen LogP contribution in [0.3, 0.4) is 0 Å². The van der Waals surface area contributed by atoms with E-state index < -0.39 is 10.9 Å². The minimum atomic E-state index is -1.13. The van der Waals surface area contributed by atoms with Gasteiger partial charge in [-0.1, -0.05) is 0 Å². The minimum Gasteiger partial charge on any atom is -0.482 e. The first kappa shape index (κ1) is 14.9. The zero-order valence-electron chi connectivity index (χ0n) is 9.37. The quantitative estimate of drug-likeness (QED) is 0.365. The Morgan fingerprint density at radius 1 is 1.63 bits per heavy atom. The Morgan fingerprint density at radius 2 is 2.32 bits per heavy atom. The Kier molecular flexibility index (Phi) is 5.25. The minimum absolute atomic E-state index is 0.0136. The molecule has 0 bridgehead atoms. The molecule has 7 nitrogen and oxygen atoms in total. The second kappa shape index (κ2) is 6.69. The monoisotopic (exact) mass is 374 g/mol. The Morgan fingerprint density at radius 3 is 2.84 bits per heavy atom. The van der Waals surface area contributed by atoms with Gasteiger partial charge in [0.25, 0.3) is 0 Å². The van der Waals surface area contributed by atoms with Crippen molar-refractivity contribution in [3.05, 3.63) is 43.5 Å². The molecule has 0 radical (unpaired) electrons. The number of nitro groups is 1. The van der Waals surface area contributed by atoms with Crippen molar-refractivity contribution in [3.63, 3.8) is 0 Å². The van der Waals surface area contributed by atoms with Gasteiger partial charge in [-0.15, -0.1) is 0 Å². The average Bonchev–Trinajstić information content (AvgIpc) is 2.34. The molecule has 0 amide bonds. The van der Waals surface area contributed by atoms with Crippen LogP contribution in [-0.2, 0) is 4.79 Å². The summed E-state index contributed by atoms with van der Waals surface area (Å²) in [6, 6.07) is 4.37. The van der Waals surface area contributed by atoms with E-state index >= 15 is 0 Å². The van der Waals surface area contributed by atoms with Crippen molar-refractivity contribution in [2.24, 2.45) is 0 Å². The van der Waals surface area contributed by atoms with Crippen molar-refractivity contribution in [2.45, 2.75) is 0 Å². The number of nitrogens with zero attached hydrogens (tertiary/aromatic N) is 2. The standard InChI is InChI=1S/C11H7IN2O5/c12-8-4-7(6-13)5-9(14(17)18)11(8)19-3-1-2-10(15)16/h1-2,4-5H,3H2,(H,15,16)/b2-1+. The molecule has 1 aromatic rings. The van der Waals surface area contributed by atoms with E-state index in [1.807, 2.05) is 28.7 Å². The number of ether oxygens (including phenoxy) is 1. The van der Waals surface area contributed by atoms with Gasteiger partial charge in [-0.3, -0.25) is 10.1 Å². The van der Waals surface area contributed by atoms with E-state index in [9.17, 15) is 14.9 Å². The highest BCUT2D eigenvalue weighted by Gasteiger charge is 2.20. The molecule has 98 valence electrons. The number of nitriles is 1. The van der Waals surface area contributed by atoms with Crippen molar-refractivity contribution in [3.8, 4) is 11.8 Å². The highest BCUT2D eigenvalue weighted by atomic mass is 127. The third kappa shape index (κ3) is 4.22. The first-order chi connectivity index (χ1) is 8.95. The van der Waals surface area contributed by atoms with E-state index in [0.29, 0.717) is 3.57 Å². The Bertz CT molecular complexity index is 591. The summed E-state index contributed by atoms with van der Waals surface area (Å²) in [5.74, 6) is -1.12. The number of carboxylic acids is 1. The van der Waals surface area contributed by atoms with Crippen molar-refractivity contribution in [1.82, 2.24) is 0 Å². The van der Waals surface area contributed by atoms with Gasteiger partial charge in [-0.05, 0) is 34.7 Å². The van der Waals surface area contributed by atoms with Crippen LogP contribution in [0.2, 0.25) is 0 Å². The predicted molar refractivity (Wildman–Crippen MR) is 72.8 cm³/mol. The smallest absolute Gasteiger partial charge is 0.328 e. The molecular formula is C11H7IN2O5. The van der Waals surface area contributed by atoms with Crippen LogP contribution < -0.4 is 4.74 Å². The maximum absolute atomic E-state index is 10.9. The molecule has 1 N–H and O–H groups in total. The zero-order valence-corrected chi connectivity index (χ0v) is 11.5. The van der Waals surface area contributed by atoms with E-state index in [0.717, 1.165) is 12.1 Å². The van der Waals surface area contributed by atoms with Gasteiger partial charge in [0.05, 0.1) is 20.1 Å². The molecule has 19 heavy (non-hydrogen) atoms. The van der Waals surface area contributed by atoms with Crippen molar-refractivity contribution < 1.29 is 19.6 Å². The van der Waals surface area contributed by atoms with Gasteiger partial charge in [-0.2, -0.15) is 5.26 Å². The molecule has 1 aromatic carbocycles. The molecule has 0 aliphatic rings. The fourth-order valence-corrected chi connectivity index (χ4v) is 1.97. The summed E-state index contributed by atoms with van der Waals surface area (Å²) in [5, 5.41) is 28.0. The average molecular weight is 374 g/mol. The topological polar surface area (TPSA) is 113 Å². The van der Waals surface area contributed by atoms with Crippen LogP contribution in [0.15, 0.2) is 24.3 Å². The summed E-state index contributed by atoms with van der Waals surface area (Å²) in [6.45, 7) is -0.116. The van der Waals surface area contributed by atoms with Crippen molar-refractivity contribution >= 4 is 34.2 Å². The second-order valence-corrected chi connectivity index (χ2v) is 4.39. The van der Waals surface area contributed by atoms with Crippen LogP contribution in [0.4, 0.5) is 5.69 Å². The largest absolute Gasteiger partial charge is 0.482 e. The molecule has 0 aliphatic carbocycles. The molecule has 0 unspecified atom stereocenters. The van der Waals surface area contributed by atoms with Gasteiger partial charge >= 0.3 is 11.7 Å². The van der Waals surface area contributed by atoms with Gasteiger partial charge in [0.1, 0.15) is 6.61 Å². The SMILES string of the molecule is N#Cc1cc(I)c(OC/C=C/C(=O)O)c([N+](=O)[O-])c1. The summed E-state index contributed by atoms with van der Waals surface area (Å²) >= 11 is 1.81. The van der Waals surface area contributed by atoms with Crippen LogP contribution in [0.25, 0.3) is 0 Å². The number of benzene rings is 1. The van der Waals surface area contributed by atoms with E-state index in [1.54, 1.807) is 0 Å². The third-order valence-corrected chi connectivity index (χ3v) is 2.74. The van der Waals surface area contributed by atoms with Crippen LogP contribution in [0, 0.1) is 25.0 Å². The fourth-order valence-electron chi connectivity index (χ4n) is 1.20. The molecular weight excluding hydrogens is 367 g/mol. The maximum Gasteiger partial charge on any atom is 0.328 e. The zero-order chi connectivity index (χ0) is 14.4. The Balaban J connectivity index is 3.03.